The maximum atomic E-state index is 12.9. The van der Waals surface area contributed by atoms with Crippen LogP contribution in [0.25, 0.3) is 0 Å². The van der Waals surface area contributed by atoms with E-state index < -0.39 is 0 Å². The number of aromatic nitrogens is 2. The number of rotatable bonds is 4. The van der Waals surface area contributed by atoms with Gasteiger partial charge in [0.25, 0.3) is 5.91 Å². The minimum absolute atomic E-state index is 0.0429. The lowest BCUT2D eigenvalue weighted by Crippen LogP contribution is -2.55. The molecule has 2 aliphatic heterocycles. The minimum Gasteiger partial charge on any atom is -0.351 e. The summed E-state index contributed by atoms with van der Waals surface area (Å²) >= 11 is 0. The maximum absolute atomic E-state index is 12.9. The van der Waals surface area contributed by atoms with Gasteiger partial charge in [0.2, 0.25) is 11.8 Å². The summed E-state index contributed by atoms with van der Waals surface area (Å²) in [5.41, 5.74) is 0.803. The van der Waals surface area contributed by atoms with Gasteiger partial charge in [-0.2, -0.15) is 0 Å². The van der Waals surface area contributed by atoms with E-state index >= 15 is 0 Å². The first-order valence-electron chi connectivity index (χ1n) is 9.57. The van der Waals surface area contributed by atoms with E-state index in [4.69, 9.17) is 4.63 Å². The molecule has 1 N–H and O–H groups in total. The number of hydrogen-bond acceptors (Lipinski definition) is 6. The molecule has 2 saturated heterocycles. The first-order chi connectivity index (χ1) is 12.9. The Kier molecular flexibility index (Phi) is 5.76. The van der Waals surface area contributed by atoms with Gasteiger partial charge in [0, 0.05) is 38.6 Å². The average molecular weight is 377 g/mol. The van der Waals surface area contributed by atoms with Gasteiger partial charge in [0.05, 0.1) is 5.92 Å². The second-order valence-corrected chi connectivity index (χ2v) is 7.51. The summed E-state index contributed by atoms with van der Waals surface area (Å²) in [4.78, 5) is 40.4. The molecule has 0 aromatic carbocycles. The highest BCUT2D eigenvalue weighted by Gasteiger charge is 2.35. The monoisotopic (exact) mass is 377 g/mol. The van der Waals surface area contributed by atoms with Crippen LogP contribution < -0.4 is 5.32 Å². The Morgan fingerprint density at radius 3 is 2.70 bits per heavy atom. The topological polar surface area (TPSA) is 109 Å². The standard InChI is InChI=1S/C18H27N5O4/c1-4-14-16(21-27-20-14)18(26)23-10-13(7-5-11(23)2)19-17(25)12-6-8-15(24)22(3)9-12/h11-13H,4-10H2,1-3H3,(H,19,25). The van der Waals surface area contributed by atoms with E-state index in [9.17, 15) is 14.4 Å². The van der Waals surface area contributed by atoms with Crippen LogP contribution in [-0.2, 0) is 16.0 Å². The summed E-state index contributed by atoms with van der Waals surface area (Å²) < 4.78 is 4.72. The number of aryl methyl sites for hydroxylation is 1. The lowest BCUT2D eigenvalue weighted by atomic mass is 9.94. The summed E-state index contributed by atoms with van der Waals surface area (Å²) in [6.45, 7) is 4.77. The molecule has 1 aromatic rings. The molecular formula is C18H27N5O4. The highest BCUT2D eigenvalue weighted by Crippen LogP contribution is 2.22. The van der Waals surface area contributed by atoms with Crippen LogP contribution >= 0.6 is 0 Å². The van der Waals surface area contributed by atoms with E-state index in [1.165, 1.54) is 0 Å². The molecule has 3 unspecified atom stereocenters. The number of nitrogens with one attached hydrogen (secondary N) is 1. The quantitative estimate of drug-likeness (QED) is 0.823. The van der Waals surface area contributed by atoms with E-state index in [0.29, 0.717) is 38.0 Å². The van der Waals surface area contributed by atoms with Crippen molar-refractivity contribution in [1.29, 1.82) is 0 Å². The van der Waals surface area contributed by atoms with Gasteiger partial charge >= 0.3 is 0 Å². The molecule has 0 radical (unpaired) electrons. The number of amides is 3. The summed E-state index contributed by atoms with van der Waals surface area (Å²) in [6, 6.07) is -0.0454. The smallest absolute Gasteiger partial charge is 0.278 e. The average Bonchev–Trinajstić information content (AvgIpc) is 3.13. The fourth-order valence-electron chi connectivity index (χ4n) is 3.79. The zero-order valence-electron chi connectivity index (χ0n) is 16.1. The molecule has 3 heterocycles. The molecular weight excluding hydrogens is 350 g/mol. The van der Waals surface area contributed by atoms with Crippen LogP contribution in [0.4, 0.5) is 0 Å². The predicted octanol–water partition coefficient (Wildman–Crippen LogP) is 0.610. The van der Waals surface area contributed by atoms with E-state index in [2.05, 4.69) is 15.6 Å². The van der Waals surface area contributed by atoms with Gasteiger partial charge in [-0.25, -0.2) is 4.63 Å². The van der Waals surface area contributed by atoms with Gasteiger partial charge in [0.15, 0.2) is 5.69 Å². The first-order valence-corrected chi connectivity index (χ1v) is 9.57. The van der Waals surface area contributed by atoms with Crippen LogP contribution in [0.5, 0.6) is 0 Å². The second-order valence-electron chi connectivity index (χ2n) is 7.51. The Balaban J connectivity index is 1.62. The van der Waals surface area contributed by atoms with Crippen molar-refractivity contribution in [3.63, 3.8) is 0 Å². The number of hydrogen-bond donors (Lipinski definition) is 1. The van der Waals surface area contributed by atoms with Crippen LogP contribution in [-0.4, -0.2) is 70.1 Å². The molecule has 0 aliphatic carbocycles. The zero-order chi connectivity index (χ0) is 19.6. The number of carbonyl (C=O) groups is 3. The summed E-state index contributed by atoms with van der Waals surface area (Å²) in [5, 5.41) is 10.6. The molecule has 9 nitrogen and oxygen atoms in total. The Labute approximate surface area is 158 Å². The number of piperidine rings is 2. The minimum atomic E-state index is -0.206. The molecule has 3 amide bonds. The van der Waals surface area contributed by atoms with E-state index in [1.54, 1.807) is 16.8 Å². The number of likely N-dealkylation sites (tertiary alicyclic amines) is 2. The number of carbonyl (C=O) groups excluding carboxylic acids is 3. The lowest BCUT2D eigenvalue weighted by molar-refractivity contribution is -0.137. The van der Waals surface area contributed by atoms with Crippen LogP contribution in [0.2, 0.25) is 0 Å². The van der Waals surface area contributed by atoms with Crippen LogP contribution in [0.15, 0.2) is 4.63 Å². The zero-order valence-corrected chi connectivity index (χ0v) is 16.1. The normalized spacial score (nSPS) is 26.2. The van der Waals surface area contributed by atoms with Gasteiger partial charge in [-0.05, 0) is 37.8 Å². The molecule has 9 heteroatoms. The molecule has 3 rings (SSSR count). The number of nitrogens with zero attached hydrogens (tertiary/aromatic N) is 4. The van der Waals surface area contributed by atoms with Gasteiger partial charge in [-0.1, -0.05) is 12.1 Å². The second kappa shape index (κ2) is 8.06. The SMILES string of the molecule is CCc1nonc1C(=O)N1CC(NC(=O)C2CCC(=O)N(C)C2)CCC1C. The van der Waals surface area contributed by atoms with Crippen molar-refractivity contribution >= 4 is 17.7 Å². The Morgan fingerprint density at radius 2 is 2.00 bits per heavy atom. The van der Waals surface area contributed by atoms with E-state index in [1.807, 2.05) is 13.8 Å². The van der Waals surface area contributed by atoms with Crippen molar-refractivity contribution in [2.45, 2.75) is 58.0 Å². The molecule has 1 aromatic heterocycles. The van der Waals surface area contributed by atoms with Gasteiger partial charge in [-0.3, -0.25) is 14.4 Å². The predicted molar refractivity (Wildman–Crippen MR) is 95.7 cm³/mol. The molecule has 2 aliphatic rings. The summed E-state index contributed by atoms with van der Waals surface area (Å²) in [5.74, 6) is -0.362. The van der Waals surface area contributed by atoms with Crippen LogP contribution in [0.3, 0.4) is 0 Å². The molecule has 148 valence electrons. The van der Waals surface area contributed by atoms with Crippen molar-refractivity contribution in [2.24, 2.45) is 5.92 Å². The third-order valence-corrected chi connectivity index (χ3v) is 5.58. The molecule has 27 heavy (non-hydrogen) atoms. The summed E-state index contributed by atoms with van der Waals surface area (Å²) in [7, 11) is 1.72. The van der Waals surface area contributed by atoms with Crippen molar-refractivity contribution < 1.29 is 19.0 Å². The van der Waals surface area contributed by atoms with Gasteiger partial charge in [0.1, 0.15) is 5.69 Å². The third kappa shape index (κ3) is 4.12. The Bertz CT molecular complexity index is 718. The molecule has 0 bridgehead atoms. The summed E-state index contributed by atoms with van der Waals surface area (Å²) in [6.07, 6.45) is 3.16. The lowest BCUT2D eigenvalue weighted by Gasteiger charge is -2.38. The van der Waals surface area contributed by atoms with Crippen molar-refractivity contribution in [1.82, 2.24) is 25.4 Å². The third-order valence-electron chi connectivity index (χ3n) is 5.58. The molecule has 0 saturated carbocycles. The largest absolute Gasteiger partial charge is 0.351 e. The molecule has 3 atom stereocenters. The Morgan fingerprint density at radius 1 is 1.22 bits per heavy atom. The fraction of sp³-hybridized carbons (Fsp3) is 0.722. The highest BCUT2D eigenvalue weighted by molar-refractivity contribution is 5.93. The Hall–Kier alpha value is -2.45. The van der Waals surface area contributed by atoms with Crippen molar-refractivity contribution in [2.75, 3.05) is 20.1 Å². The molecule has 2 fully saturated rings. The van der Waals surface area contributed by atoms with Crippen molar-refractivity contribution in [3.8, 4) is 0 Å². The van der Waals surface area contributed by atoms with E-state index in [-0.39, 0.29) is 41.4 Å². The van der Waals surface area contributed by atoms with E-state index in [0.717, 1.165) is 12.8 Å². The first kappa shape index (κ1) is 19.3. The van der Waals surface area contributed by atoms with Crippen LogP contribution in [0, 0.1) is 5.92 Å². The highest BCUT2D eigenvalue weighted by atomic mass is 16.6. The van der Waals surface area contributed by atoms with Crippen molar-refractivity contribution in [3.05, 3.63) is 11.4 Å². The van der Waals surface area contributed by atoms with Gasteiger partial charge < -0.3 is 15.1 Å². The fourth-order valence-corrected chi connectivity index (χ4v) is 3.79. The molecule has 0 spiro atoms. The van der Waals surface area contributed by atoms with Gasteiger partial charge in [-0.15, -0.1) is 0 Å². The van der Waals surface area contributed by atoms with Crippen LogP contribution in [0.1, 0.15) is 55.7 Å². The maximum Gasteiger partial charge on any atom is 0.278 e.